The summed E-state index contributed by atoms with van der Waals surface area (Å²) in [5.41, 5.74) is 2.81. The van der Waals surface area contributed by atoms with Crippen LogP contribution in [0.1, 0.15) is 60.1 Å². The van der Waals surface area contributed by atoms with E-state index in [0.29, 0.717) is 27.9 Å². The van der Waals surface area contributed by atoms with Gasteiger partial charge in [0.1, 0.15) is 11.8 Å². The lowest BCUT2D eigenvalue weighted by molar-refractivity contribution is -0.131. The molecule has 256 valence electrons. The first-order valence-electron chi connectivity index (χ1n) is 17.1. The van der Waals surface area contributed by atoms with Crippen LogP contribution in [0.2, 0.25) is 5.02 Å². The quantitative estimate of drug-likeness (QED) is 0.273. The van der Waals surface area contributed by atoms with Crippen molar-refractivity contribution in [3.8, 4) is 11.8 Å². The maximum absolute atomic E-state index is 12.9. The van der Waals surface area contributed by atoms with Gasteiger partial charge in [0, 0.05) is 69.7 Å². The molecule has 2 saturated heterocycles. The summed E-state index contributed by atoms with van der Waals surface area (Å²) in [5, 5.41) is 30.1. The number of carboxylic acids is 1. The third-order valence-corrected chi connectivity index (χ3v) is 10.1. The second kappa shape index (κ2) is 16.2. The van der Waals surface area contributed by atoms with E-state index >= 15 is 0 Å². The number of rotatable bonds is 10. The maximum atomic E-state index is 12.9. The van der Waals surface area contributed by atoms with Crippen LogP contribution in [0.25, 0.3) is 6.08 Å². The Kier molecular flexibility index (Phi) is 11.3. The number of nitrogens with zero attached hydrogens (tertiary/aromatic N) is 6. The highest BCUT2D eigenvalue weighted by molar-refractivity contribution is 6.31. The van der Waals surface area contributed by atoms with Gasteiger partial charge < -0.3 is 25.0 Å². The number of nitriles is 1. The molecule has 0 spiro atoms. The lowest BCUT2D eigenvalue weighted by Crippen LogP contribution is -2.49. The van der Waals surface area contributed by atoms with E-state index in [2.05, 4.69) is 48.4 Å². The van der Waals surface area contributed by atoms with Crippen molar-refractivity contribution in [1.82, 2.24) is 20.4 Å². The Morgan fingerprint density at radius 3 is 2.29 bits per heavy atom. The number of aliphatic carboxylic acids is 1. The van der Waals surface area contributed by atoms with Crippen LogP contribution in [0.3, 0.4) is 0 Å². The lowest BCUT2D eigenvalue weighted by atomic mass is 9.93. The van der Waals surface area contributed by atoms with Gasteiger partial charge in [-0.3, -0.25) is 9.69 Å². The molecular weight excluding hydrogens is 642 g/mol. The summed E-state index contributed by atoms with van der Waals surface area (Å²) < 4.78 is 6.07. The van der Waals surface area contributed by atoms with Crippen LogP contribution >= 0.6 is 11.6 Å². The average Bonchev–Trinajstić information content (AvgIpc) is 3.13. The second-order valence-electron chi connectivity index (χ2n) is 13.1. The molecule has 3 aromatic rings. The summed E-state index contributed by atoms with van der Waals surface area (Å²) in [6.07, 6.45) is 8.24. The van der Waals surface area contributed by atoms with Crippen molar-refractivity contribution < 1.29 is 19.4 Å². The summed E-state index contributed by atoms with van der Waals surface area (Å²) in [4.78, 5) is 30.9. The van der Waals surface area contributed by atoms with Crippen LogP contribution in [0.15, 0.2) is 60.7 Å². The van der Waals surface area contributed by atoms with E-state index in [-0.39, 0.29) is 18.1 Å². The molecular formula is C37H42ClN7O4. The first kappa shape index (κ1) is 34.2. The van der Waals surface area contributed by atoms with Gasteiger partial charge in [-0.2, -0.15) is 5.26 Å². The third-order valence-electron chi connectivity index (χ3n) is 9.76. The van der Waals surface area contributed by atoms with Gasteiger partial charge in [-0.25, -0.2) is 4.79 Å². The third kappa shape index (κ3) is 9.28. The molecule has 6 rings (SSSR count). The van der Waals surface area contributed by atoms with Gasteiger partial charge in [-0.1, -0.05) is 23.7 Å². The highest BCUT2D eigenvalue weighted by atomic mass is 35.5. The van der Waals surface area contributed by atoms with Crippen LogP contribution in [0.5, 0.6) is 5.75 Å². The Morgan fingerprint density at radius 1 is 0.918 bits per heavy atom. The van der Waals surface area contributed by atoms with E-state index in [1.165, 1.54) is 5.69 Å². The molecule has 2 aliphatic heterocycles. The lowest BCUT2D eigenvalue weighted by Gasteiger charge is -2.39. The molecule has 3 aliphatic rings. The van der Waals surface area contributed by atoms with E-state index < -0.39 is 5.97 Å². The molecule has 3 fully saturated rings. The van der Waals surface area contributed by atoms with Gasteiger partial charge in [-0.05, 0) is 92.5 Å². The fraction of sp³-hybridized carbons (Fsp3) is 0.432. The number of hydrogen-bond donors (Lipinski definition) is 2. The molecule has 1 amide bonds. The van der Waals surface area contributed by atoms with Crippen LogP contribution in [0, 0.1) is 17.2 Å². The molecule has 2 aromatic carbocycles. The van der Waals surface area contributed by atoms with Gasteiger partial charge in [0.15, 0.2) is 11.5 Å². The summed E-state index contributed by atoms with van der Waals surface area (Å²) in [6.45, 7) is 6.95. The number of carboxylic acid groups (broad SMARTS) is 1. The first-order valence-corrected chi connectivity index (χ1v) is 17.4. The van der Waals surface area contributed by atoms with Crippen molar-refractivity contribution in [3.05, 3.63) is 82.5 Å². The Balaban J connectivity index is 0.886. The summed E-state index contributed by atoms with van der Waals surface area (Å²) in [5.74, 6) is 0.964. The van der Waals surface area contributed by atoms with Crippen molar-refractivity contribution in [2.75, 3.05) is 55.6 Å². The summed E-state index contributed by atoms with van der Waals surface area (Å²) >= 11 is 6.13. The summed E-state index contributed by atoms with van der Waals surface area (Å²) in [7, 11) is 0. The molecule has 1 saturated carbocycles. The highest BCUT2D eigenvalue weighted by Gasteiger charge is 2.27. The minimum atomic E-state index is -0.942. The van der Waals surface area contributed by atoms with Gasteiger partial charge in [0.2, 0.25) is 0 Å². The number of amides is 1. The van der Waals surface area contributed by atoms with Crippen LogP contribution < -0.4 is 19.9 Å². The van der Waals surface area contributed by atoms with Crippen molar-refractivity contribution in [3.63, 3.8) is 0 Å². The maximum Gasteiger partial charge on any atom is 0.328 e. The zero-order valence-corrected chi connectivity index (χ0v) is 28.3. The normalized spacial score (nSPS) is 20.6. The number of piperidine rings is 1. The van der Waals surface area contributed by atoms with Crippen LogP contribution in [0.4, 0.5) is 11.5 Å². The highest BCUT2D eigenvalue weighted by Crippen LogP contribution is 2.28. The molecule has 2 N–H and O–H groups in total. The molecule has 0 unspecified atom stereocenters. The largest absolute Gasteiger partial charge is 0.490 e. The van der Waals surface area contributed by atoms with E-state index in [0.717, 1.165) is 102 Å². The number of carbonyl (C=O) groups is 2. The number of aromatic nitrogens is 2. The number of hydrogen-bond acceptors (Lipinski definition) is 9. The molecule has 0 bridgehead atoms. The molecule has 12 heteroatoms. The first-order chi connectivity index (χ1) is 23.8. The number of piperazine rings is 1. The van der Waals surface area contributed by atoms with E-state index in [9.17, 15) is 9.59 Å². The number of halogens is 1. The molecule has 1 aromatic heterocycles. The fourth-order valence-electron chi connectivity index (χ4n) is 6.91. The SMILES string of the molecule is N#Cc1ccc(OC2CCC(NC(=O)c3ccc(N4CCC(CN5CCN(c6ccc(/C=C/C(=O)O)cc6)CC5)CC4)nn3)CC2)cc1Cl. The van der Waals surface area contributed by atoms with Crippen molar-refractivity contribution in [2.24, 2.45) is 5.92 Å². The van der Waals surface area contributed by atoms with Crippen molar-refractivity contribution >= 4 is 41.1 Å². The standard InChI is InChI=1S/C37H42ClN7O4/c38-33-23-32(9-4-28(33)24-39)49-31-10-5-29(6-11-31)40-37(48)34-12-13-35(42-41-34)45-17-15-27(16-18-45)25-43-19-21-44(22-20-43)30-7-1-26(2-8-30)3-14-36(46)47/h1-4,7-9,12-14,23,27,29,31H,5-6,10-11,15-22,25H2,(H,40,48)(H,46,47)/b14-3+. The fourth-order valence-corrected chi connectivity index (χ4v) is 7.13. The number of ether oxygens (including phenoxy) is 1. The predicted octanol–water partition coefficient (Wildman–Crippen LogP) is 5.26. The molecule has 3 heterocycles. The number of anilines is 2. The number of benzene rings is 2. The van der Waals surface area contributed by atoms with Crippen molar-refractivity contribution in [1.29, 1.82) is 5.26 Å². The molecule has 0 atom stereocenters. The Hall–Kier alpha value is -4.66. The van der Waals surface area contributed by atoms with Gasteiger partial charge >= 0.3 is 5.97 Å². The summed E-state index contributed by atoms with van der Waals surface area (Å²) in [6, 6.07) is 19.0. The molecule has 1 aliphatic carbocycles. The number of nitrogens with one attached hydrogen (secondary N) is 1. The average molecular weight is 684 g/mol. The van der Waals surface area contributed by atoms with Crippen molar-refractivity contribution in [2.45, 2.75) is 50.7 Å². The second-order valence-corrected chi connectivity index (χ2v) is 13.5. The van der Waals surface area contributed by atoms with E-state index in [1.807, 2.05) is 18.2 Å². The van der Waals surface area contributed by atoms with Gasteiger partial charge in [-0.15, -0.1) is 10.2 Å². The number of carbonyl (C=O) groups excluding carboxylic acids is 1. The smallest absolute Gasteiger partial charge is 0.328 e. The minimum absolute atomic E-state index is 0.0395. The van der Waals surface area contributed by atoms with Crippen LogP contribution in [-0.4, -0.2) is 90.0 Å². The Bertz CT molecular complexity index is 1650. The van der Waals surface area contributed by atoms with E-state index in [4.69, 9.17) is 26.7 Å². The molecule has 11 nitrogen and oxygen atoms in total. The zero-order valence-electron chi connectivity index (χ0n) is 27.5. The van der Waals surface area contributed by atoms with E-state index in [1.54, 1.807) is 30.3 Å². The molecule has 49 heavy (non-hydrogen) atoms. The Morgan fingerprint density at radius 2 is 1.65 bits per heavy atom. The molecule has 0 radical (unpaired) electrons. The van der Waals surface area contributed by atoms with Gasteiger partial charge in [0.25, 0.3) is 5.91 Å². The minimum Gasteiger partial charge on any atom is -0.490 e. The van der Waals surface area contributed by atoms with Gasteiger partial charge in [0.05, 0.1) is 16.7 Å². The monoisotopic (exact) mass is 683 g/mol. The Labute approximate surface area is 292 Å². The zero-order chi connectivity index (χ0) is 34.2. The van der Waals surface area contributed by atoms with Crippen LogP contribution in [-0.2, 0) is 4.79 Å². The predicted molar refractivity (Wildman–Crippen MR) is 189 cm³/mol. The topological polar surface area (TPSA) is 135 Å².